The van der Waals surface area contributed by atoms with Crippen molar-refractivity contribution in [2.45, 2.75) is 12.1 Å². The van der Waals surface area contributed by atoms with Crippen molar-refractivity contribution in [3.8, 4) is 0 Å². The van der Waals surface area contributed by atoms with E-state index in [1.807, 2.05) is 0 Å². The number of hydrogen-bond acceptors (Lipinski definition) is 3. The topological polar surface area (TPSA) is 52.6 Å². The van der Waals surface area contributed by atoms with Gasteiger partial charge in [0, 0.05) is 25.7 Å². The molecule has 4 nitrogen and oxygen atoms in total. The number of amides is 1. The van der Waals surface area contributed by atoms with E-state index in [1.54, 1.807) is 13.1 Å². The molecule has 0 unspecified atom stereocenters. The number of nitrogens with zero attached hydrogens (tertiary/aromatic N) is 1. The highest BCUT2D eigenvalue weighted by Crippen LogP contribution is 2.12. The quantitative estimate of drug-likeness (QED) is 0.775. The summed E-state index contributed by atoms with van der Waals surface area (Å²) in [7, 11) is 1.62. The lowest BCUT2D eigenvalue weighted by molar-refractivity contribution is 0.0581. The predicted octanol–water partition coefficient (Wildman–Crippen LogP) is 0.230. The Morgan fingerprint density at radius 3 is 2.88 bits per heavy atom. The zero-order chi connectivity index (χ0) is 12.4. The standard InChI is InChI=1S/C12H15FN2O2/c1-15(10-6-14-7-11(10)16)12(17)8-3-2-4-9(13)5-8/h2-5,10-11,14,16H,6-7H2,1H3/t10-,11-/m0/s1. The molecule has 0 radical (unpaired) electrons. The van der Waals surface area contributed by atoms with E-state index >= 15 is 0 Å². The van der Waals surface area contributed by atoms with Crippen LogP contribution >= 0.6 is 0 Å². The summed E-state index contributed by atoms with van der Waals surface area (Å²) in [4.78, 5) is 13.5. The van der Waals surface area contributed by atoms with Crippen molar-refractivity contribution in [2.75, 3.05) is 20.1 Å². The molecule has 1 aliphatic heterocycles. The van der Waals surface area contributed by atoms with Crippen LogP contribution in [0.5, 0.6) is 0 Å². The molecule has 0 spiro atoms. The van der Waals surface area contributed by atoms with Gasteiger partial charge in [-0.1, -0.05) is 6.07 Å². The molecular formula is C12H15FN2O2. The molecule has 1 aliphatic rings. The van der Waals surface area contributed by atoms with Crippen LogP contribution in [0.15, 0.2) is 24.3 Å². The van der Waals surface area contributed by atoms with E-state index in [4.69, 9.17) is 0 Å². The summed E-state index contributed by atoms with van der Waals surface area (Å²) in [5, 5.41) is 12.7. The number of β-amino-alcohol motifs (C(OH)–C–C–N with tert-alkyl or cyclic N) is 1. The van der Waals surface area contributed by atoms with Crippen LogP contribution in [0.3, 0.4) is 0 Å². The van der Waals surface area contributed by atoms with Gasteiger partial charge in [-0.3, -0.25) is 4.79 Å². The van der Waals surface area contributed by atoms with Crippen molar-refractivity contribution >= 4 is 5.91 Å². The molecule has 1 heterocycles. The first-order valence-electron chi connectivity index (χ1n) is 5.51. The maximum Gasteiger partial charge on any atom is 0.254 e. The summed E-state index contributed by atoms with van der Waals surface area (Å²) < 4.78 is 13.0. The van der Waals surface area contributed by atoms with E-state index in [0.717, 1.165) is 0 Å². The summed E-state index contributed by atoms with van der Waals surface area (Å²) in [5.41, 5.74) is 0.298. The van der Waals surface area contributed by atoms with Crippen molar-refractivity contribution in [1.29, 1.82) is 0 Å². The maximum absolute atomic E-state index is 13.0. The SMILES string of the molecule is CN(C(=O)c1cccc(F)c1)[C@H]1CNC[C@@H]1O. The van der Waals surface area contributed by atoms with Crippen LogP contribution in [0, 0.1) is 5.82 Å². The number of benzene rings is 1. The molecule has 1 amide bonds. The lowest BCUT2D eigenvalue weighted by Gasteiger charge is -2.26. The van der Waals surface area contributed by atoms with Crippen LogP contribution in [-0.4, -0.2) is 48.2 Å². The predicted molar refractivity (Wildman–Crippen MR) is 61.2 cm³/mol. The van der Waals surface area contributed by atoms with E-state index in [-0.39, 0.29) is 11.9 Å². The molecule has 92 valence electrons. The number of halogens is 1. The number of hydrogen-bond donors (Lipinski definition) is 2. The fourth-order valence-electron chi connectivity index (χ4n) is 2.02. The monoisotopic (exact) mass is 238 g/mol. The summed E-state index contributed by atoms with van der Waals surface area (Å²) in [5.74, 6) is -0.716. The van der Waals surface area contributed by atoms with Crippen molar-refractivity contribution in [3.05, 3.63) is 35.6 Å². The van der Waals surface area contributed by atoms with Gasteiger partial charge in [-0.25, -0.2) is 4.39 Å². The molecule has 2 N–H and O–H groups in total. The molecule has 0 aromatic heterocycles. The second kappa shape index (κ2) is 4.81. The first-order chi connectivity index (χ1) is 8.09. The number of carbonyl (C=O) groups excluding carboxylic acids is 1. The third kappa shape index (κ3) is 2.45. The average molecular weight is 238 g/mol. The van der Waals surface area contributed by atoms with Gasteiger partial charge >= 0.3 is 0 Å². The van der Waals surface area contributed by atoms with Gasteiger partial charge in [-0.15, -0.1) is 0 Å². The third-order valence-electron chi connectivity index (χ3n) is 3.04. The van der Waals surface area contributed by atoms with Gasteiger partial charge in [0.05, 0.1) is 12.1 Å². The molecule has 2 atom stereocenters. The van der Waals surface area contributed by atoms with Gasteiger partial charge < -0.3 is 15.3 Å². The minimum atomic E-state index is -0.572. The van der Waals surface area contributed by atoms with E-state index in [0.29, 0.717) is 18.7 Å². The smallest absolute Gasteiger partial charge is 0.254 e. The Morgan fingerprint density at radius 1 is 1.53 bits per heavy atom. The molecule has 0 bridgehead atoms. The molecule has 17 heavy (non-hydrogen) atoms. The first-order valence-corrected chi connectivity index (χ1v) is 5.51. The van der Waals surface area contributed by atoms with Crippen LogP contribution in [-0.2, 0) is 0 Å². The minimum Gasteiger partial charge on any atom is -0.390 e. The van der Waals surface area contributed by atoms with Gasteiger partial charge in [0.1, 0.15) is 5.82 Å². The summed E-state index contributed by atoms with van der Waals surface area (Å²) in [6.07, 6.45) is -0.572. The van der Waals surface area contributed by atoms with Gasteiger partial charge in [0.15, 0.2) is 0 Å². The Bertz CT molecular complexity index is 425. The average Bonchev–Trinajstić information content (AvgIpc) is 2.73. The summed E-state index contributed by atoms with van der Waals surface area (Å²) in [6.45, 7) is 1.03. The second-order valence-electron chi connectivity index (χ2n) is 4.22. The van der Waals surface area contributed by atoms with E-state index in [1.165, 1.54) is 23.1 Å². The van der Waals surface area contributed by atoms with Crippen molar-refractivity contribution in [3.63, 3.8) is 0 Å². The lowest BCUT2D eigenvalue weighted by Crippen LogP contribution is -2.44. The largest absolute Gasteiger partial charge is 0.390 e. The van der Waals surface area contributed by atoms with Crippen LogP contribution in [0.4, 0.5) is 4.39 Å². The van der Waals surface area contributed by atoms with E-state index in [2.05, 4.69) is 5.32 Å². The molecule has 1 saturated heterocycles. The molecular weight excluding hydrogens is 223 g/mol. The highest BCUT2D eigenvalue weighted by molar-refractivity contribution is 5.94. The summed E-state index contributed by atoms with van der Waals surface area (Å²) in [6, 6.07) is 5.30. The molecule has 5 heteroatoms. The number of aliphatic hydroxyl groups is 1. The maximum atomic E-state index is 13.0. The lowest BCUT2D eigenvalue weighted by atomic mass is 10.1. The fraction of sp³-hybridized carbons (Fsp3) is 0.417. The van der Waals surface area contributed by atoms with Crippen LogP contribution < -0.4 is 5.32 Å². The number of likely N-dealkylation sites (N-methyl/N-ethyl adjacent to an activating group) is 1. The molecule has 0 aliphatic carbocycles. The van der Waals surface area contributed by atoms with Crippen molar-refractivity contribution < 1.29 is 14.3 Å². The number of nitrogens with one attached hydrogen (secondary N) is 1. The van der Waals surface area contributed by atoms with Gasteiger partial charge in [-0.2, -0.15) is 0 Å². The van der Waals surface area contributed by atoms with Crippen molar-refractivity contribution in [1.82, 2.24) is 10.2 Å². The first kappa shape index (κ1) is 12.0. The Hall–Kier alpha value is -1.46. The Morgan fingerprint density at radius 2 is 2.29 bits per heavy atom. The van der Waals surface area contributed by atoms with Gasteiger partial charge in [0.25, 0.3) is 5.91 Å². The van der Waals surface area contributed by atoms with E-state index in [9.17, 15) is 14.3 Å². The number of aliphatic hydroxyl groups excluding tert-OH is 1. The Balaban J connectivity index is 2.14. The highest BCUT2D eigenvalue weighted by atomic mass is 19.1. The number of rotatable bonds is 2. The normalized spacial score (nSPS) is 23.7. The zero-order valence-corrected chi connectivity index (χ0v) is 9.56. The van der Waals surface area contributed by atoms with Gasteiger partial charge in [-0.05, 0) is 18.2 Å². The third-order valence-corrected chi connectivity index (χ3v) is 3.04. The molecule has 1 aromatic carbocycles. The Labute approximate surface area is 99.0 Å². The van der Waals surface area contributed by atoms with Crippen molar-refractivity contribution in [2.24, 2.45) is 0 Å². The van der Waals surface area contributed by atoms with Crippen LogP contribution in [0.2, 0.25) is 0 Å². The highest BCUT2D eigenvalue weighted by Gasteiger charge is 2.31. The molecule has 1 aromatic rings. The van der Waals surface area contributed by atoms with E-state index < -0.39 is 11.9 Å². The van der Waals surface area contributed by atoms with Crippen LogP contribution in [0.25, 0.3) is 0 Å². The number of carbonyl (C=O) groups is 1. The summed E-state index contributed by atoms with van der Waals surface area (Å²) >= 11 is 0. The van der Waals surface area contributed by atoms with Crippen LogP contribution in [0.1, 0.15) is 10.4 Å². The zero-order valence-electron chi connectivity index (χ0n) is 9.56. The Kier molecular flexibility index (Phi) is 3.40. The molecule has 1 fully saturated rings. The fourth-order valence-corrected chi connectivity index (χ4v) is 2.02. The van der Waals surface area contributed by atoms with Gasteiger partial charge in [0.2, 0.25) is 0 Å². The second-order valence-corrected chi connectivity index (χ2v) is 4.22. The molecule has 2 rings (SSSR count). The minimum absolute atomic E-state index is 0.259. The molecule has 0 saturated carbocycles.